The Labute approximate surface area is 122 Å². The van der Waals surface area contributed by atoms with Crippen molar-refractivity contribution in [1.29, 1.82) is 0 Å². The third-order valence-electron chi connectivity index (χ3n) is 3.71. The minimum absolute atomic E-state index is 0.100. The molecule has 0 spiro atoms. The Kier molecular flexibility index (Phi) is 4.62. The lowest BCUT2D eigenvalue weighted by molar-refractivity contribution is -0.138. The number of carboxylic acids is 1. The summed E-state index contributed by atoms with van der Waals surface area (Å²) < 4.78 is 10.3. The van der Waals surface area contributed by atoms with Crippen LogP contribution in [0.2, 0.25) is 0 Å². The van der Waals surface area contributed by atoms with E-state index >= 15 is 0 Å². The van der Waals surface area contributed by atoms with Crippen LogP contribution in [0.4, 0.5) is 0 Å². The first kappa shape index (κ1) is 15.5. The van der Waals surface area contributed by atoms with Crippen LogP contribution < -0.4 is 0 Å². The first-order valence-corrected chi connectivity index (χ1v) is 6.94. The maximum absolute atomic E-state index is 12.5. The molecule has 0 aliphatic carbocycles. The number of aliphatic carboxylic acids is 1. The second-order valence-electron chi connectivity index (χ2n) is 5.57. The first-order chi connectivity index (χ1) is 9.92. The van der Waals surface area contributed by atoms with Gasteiger partial charge in [-0.25, -0.2) is 0 Å². The zero-order chi connectivity index (χ0) is 15.6. The van der Waals surface area contributed by atoms with Gasteiger partial charge in [-0.2, -0.15) is 0 Å². The van der Waals surface area contributed by atoms with Crippen LogP contribution in [0.1, 0.15) is 48.9 Å². The number of rotatable bonds is 5. The average Bonchev–Trinajstić information content (AvgIpc) is 3.03. The van der Waals surface area contributed by atoms with Gasteiger partial charge in [0.2, 0.25) is 5.76 Å². The fourth-order valence-corrected chi connectivity index (χ4v) is 2.49. The fourth-order valence-electron chi connectivity index (χ4n) is 2.49. The highest BCUT2D eigenvalue weighted by Crippen LogP contribution is 2.25. The lowest BCUT2D eigenvalue weighted by atomic mass is 10.1. The van der Waals surface area contributed by atoms with Crippen molar-refractivity contribution in [1.82, 2.24) is 10.1 Å². The summed E-state index contributed by atoms with van der Waals surface area (Å²) in [6.45, 7) is 4.28. The number of carbonyl (C=O) groups is 2. The molecule has 116 valence electrons. The molecule has 7 heteroatoms. The van der Waals surface area contributed by atoms with E-state index in [0.29, 0.717) is 18.7 Å². The number of methoxy groups -OCH3 is 1. The van der Waals surface area contributed by atoms with Crippen LogP contribution in [0, 0.1) is 0 Å². The molecule has 2 rings (SSSR count). The minimum Gasteiger partial charge on any atom is -0.481 e. The molecular formula is C14H20N2O5. The molecule has 0 saturated carbocycles. The van der Waals surface area contributed by atoms with E-state index in [4.69, 9.17) is 14.4 Å². The van der Waals surface area contributed by atoms with E-state index in [1.807, 2.05) is 13.8 Å². The van der Waals surface area contributed by atoms with Crippen LogP contribution in [-0.4, -0.2) is 52.8 Å². The highest BCUT2D eigenvalue weighted by Gasteiger charge is 2.38. The third kappa shape index (κ3) is 3.41. The molecule has 2 unspecified atom stereocenters. The molecule has 1 N–H and O–H groups in total. The summed E-state index contributed by atoms with van der Waals surface area (Å²) in [5.41, 5.74) is 0.704. The second-order valence-corrected chi connectivity index (χ2v) is 5.57. The highest BCUT2D eigenvalue weighted by molar-refractivity contribution is 5.92. The maximum atomic E-state index is 12.5. The molecule has 0 aromatic carbocycles. The Hall–Kier alpha value is -1.89. The zero-order valence-corrected chi connectivity index (χ0v) is 12.4. The van der Waals surface area contributed by atoms with Crippen molar-refractivity contribution in [2.24, 2.45) is 0 Å². The van der Waals surface area contributed by atoms with Gasteiger partial charge in [-0.1, -0.05) is 19.0 Å². The topological polar surface area (TPSA) is 92.9 Å². The minimum atomic E-state index is -0.935. The lowest BCUT2D eigenvalue weighted by Gasteiger charge is -2.21. The molecule has 1 aromatic rings. The third-order valence-corrected chi connectivity index (χ3v) is 3.71. The molecule has 1 aliphatic heterocycles. The van der Waals surface area contributed by atoms with Crippen molar-refractivity contribution in [3.8, 4) is 0 Å². The maximum Gasteiger partial charge on any atom is 0.305 e. The Morgan fingerprint density at radius 1 is 1.57 bits per heavy atom. The lowest BCUT2D eigenvalue weighted by Crippen LogP contribution is -2.37. The van der Waals surface area contributed by atoms with Gasteiger partial charge >= 0.3 is 5.97 Å². The largest absolute Gasteiger partial charge is 0.481 e. The molecule has 2 atom stereocenters. The van der Waals surface area contributed by atoms with Gasteiger partial charge in [-0.15, -0.1) is 0 Å². The fraction of sp³-hybridized carbons (Fsp3) is 0.643. The Balaban J connectivity index is 2.16. The summed E-state index contributed by atoms with van der Waals surface area (Å²) in [4.78, 5) is 24.9. The van der Waals surface area contributed by atoms with Crippen LogP contribution in [0.5, 0.6) is 0 Å². The standard InChI is InChI=1S/C14H20N2O5/c1-8(2)11-6-12(21-15-11)14(19)16-7-10(20-3)4-9(16)5-13(17)18/h6,8-10H,4-5,7H2,1-3H3,(H,17,18). The highest BCUT2D eigenvalue weighted by atomic mass is 16.5. The molecule has 0 bridgehead atoms. The van der Waals surface area contributed by atoms with Gasteiger partial charge in [0.1, 0.15) is 0 Å². The van der Waals surface area contributed by atoms with Crippen molar-refractivity contribution in [3.05, 3.63) is 17.5 Å². The Bertz CT molecular complexity index is 525. The summed E-state index contributed by atoms with van der Waals surface area (Å²) in [6, 6.07) is 1.23. The molecule has 1 aliphatic rings. The van der Waals surface area contributed by atoms with Gasteiger partial charge in [0.05, 0.1) is 18.2 Å². The molecule has 2 heterocycles. The van der Waals surface area contributed by atoms with Crippen LogP contribution in [0.25, 0.3) is 0 Å². The van der Waals surface area contributed by atoms with Crippen molar-refractivity contribution in [2.75, 3.05) is 13.7 Å². The van der Waals surface area contributed by atoms with Crippen LogP contribution in [0.3, 0.4) is 0 Å². The van der Waals surface area contributed by atoms with Gasteiger partial charge in [-0.05, 0) is 12.3 Å². The summed E-state index contributed by atoms with van der Waals surface area (Å²) >= 11 is 0. The zero-order valence-electron chi connectivity index (χ0n) is 12.4. The van der Waals surface area contributed by atoms with Crippen molar-refractivity contribution >= 4 is 11.9 Å². The predicted molar refractivity (Wildman–Crippen MR) is 73.1 cm³/mol. The molecule has 1 fully saturated rings. The number of likely N-dealkylation sites (tertiary alicyclic amines) is 1. The van der Waals surface area contributed by atoms with E-state index < -0.39 is 5.97 Å². The quantitative estimate of drug-likeness (QED) is 0.885. The molecular weight excluding hydrogens is 276 g/mol. The van der Waals surface area contributed by atoms with Crippen molar-refractivity contribution < 1.29 is 24.0 Å². The van der Waals surface area contributed by atoms with E-state index in [9.17, 15) is 9.59 Å². The van der Waals surface area contributed by atoms with Gasteiger partial charge < -0.3 is 19.3 Å². The van der Waals surface area contributed by atoms with Gasteiger partial charge in [0, 0.05) is 25.8 Å². The number of ether oxygens (including phenoxy) is 1. The molecule has 21 heavy (non-hydrogen) atoms. The van der Waals surface area contributed by atoms with Crippen molar-refractivity contribution in [2.45, 2.75) is 44.8 Å². The number of aromatic nitrogens is 1. The smallest absolute Gasteiger partial charge is 0.305 e. The second kappa shape index (κ2) is 6.26. The summed E-state index contributed by atoms with van der Waals surface area (Å²) in [5, 5.41) is 12.8. The van der Waals surface area contributed by atoms with Gasteiger partial charge in [0.25, 0.3) is 5.91 Å². The molecule has 1 amide bonds. The number of hydrogen-bond donors (Lipinski definition) is 1. The van der Waals surface area contributed by atoms with Crippen LogP contribution in [0.15, 0.2) is 10.6 Å². The Morgan fingerprint density at radius 3 is 2.81 bits per heavy atom. The summed E-state index contributed by atoms with van der Waals surface area (Å²) in [6.07, 6.45) is 0.266. The predicted octanol–water partition coefficient (Wildman–Crippen LogP) is 1.50. The molecule has 1 aromatic heterocycles. The number of amides is 1. The van der Waals surface area contributed by atoms with Gasteiger partial charge in [0.15, 0.2) is 0 Å². The van der Waals surface area contributed by atoms with E-state index in [1.54, 1.807) is 13.2 Å². The van der Waals surface area contributed by atoms with E-state index in [-0.39, 0.29) is 36.2 Å². The summed E-state index contributed by atoms with van der Waals surface area (Å²) in [5.74, 6) is -0.962. The first-order valence-electron chi connectivity index (χ1n) is 6.94. The van der Waals surface area contributed by atoms with E-state index in [0.717, 1.165) is 0 Å². The normalized spacial score (nSPS) is 22.0. The Morgan fingerprint density at radius 2 is 2.29 bits per heavy atom. The molecule has 0 radical (unpaired) electrons. The average molecular weight is 296 g/mol. The van der Waals surface area contributed by atoms with Crippen molar-refractivity contribution in [3.63, 3.8) is 0 Å². The number of hydrogen-bond acceptors (Lipinski definition) is 5. The molecule has 1 saturated heterocycles. The monoisotopic (exact) mass is 296 g/mol. The van der Waals surface area contributed by atoms with Crippen LogP contribution in [-0.2, 0) is 9.53 Å². The number of carbonyl (C=O) groups excluding carboxylic acids is 1. The SMILES string of the molecule is COC1CC(CC(=O)O)N(C(=O)c2cc(C(C)C)no2)C1. The van der Waals surface area contributed by atoms with E-state index in [2.05, 4.69) is 5.16 Å². The van der Waals surface area contributed by atoms with E-state index in [1.165, 1.54) is 4.90 Å². The number of carboxylic acid groups (broad SMARTS) is 1. The summed E-state index contributed by atoms with van der Waals surface area (Å²) in [7, 11) is 1.56. The van der Waals surface area contributed by atoms with Crippen LogP contribution >= 0.6 is 0 Å². The number of nitrogens with zero attached hydrogens (tertiary/aromatic N) is 2. The molecule has 7 nitrogen and oxygen atoms in total. The van der Waals surface area contributed by atoms with Gasteiger partial charge in [-0.3, -0.25) is 9.59 Å².